The molecular formula is C34H36ClN3O5S. The average Bonchev–Trinajstić information content (AvgIpc) is 3.03. The van der Waals surface area contributed by atoms with Crippen LogP contribution in [0.25, 0.3) is 0 Å². The Labute approximate surface area is 264 Å². The van der Waals surface area contributed by atoms with Crippen LogP contribution in [0.1, 0.15) is 23.6 Å². The number of ether oxygens (including phenoxy) is 1. The monoisotopic (exact) mass is 633 g/mol. The number of nitrogens with zero attached hydrogens (tertiary/aromatic N) is 2. The van der Waals surface area contributed by atoms with Crippen molar-refractivity contribution in [2.45, 2.75) is 37.8 Å². The Balaban J connectivity index is 1.80. The van der Waals surface area contributed by atoms with Crippen molar-refractivity contribution in [2.24, 2.45) is 0 Å². The fraction of sp³-hybridized carbons (Fsp3) is 0.235. The van der Waals surface area contributed by atoms with Gasteiger partial charge in [-0.15, -0.1) is 0 Å². The summed E-state index contributed by atoms with van der Waals surface area (Å²) < 4.78 is 34.4. The van der Waals surface area contributed by atoms with Crippen LogP contribution in [0.4, 0.5) is 5.69 Å². The lowest BCUT2D eigenvalue weighted by atomic mass is 10.0. The Morgan fingerprint density at radius 2 is 1.52 bits per heavy atom. The molecule has 0 aromatic heterocycles. The smallest absolute Gasteiger partial charge is 0.264 e. The second-order valence-electron chi connectivity index (χ2n) is 10.2. The summed E-state index contributed by atoms with van der Waals surface area (Å²) >= 11 is 6.12. The van der Waals surface area contributed by atoms with Crippen LogP contribution in [-0.2, 0) is 32.6 Å². The number of anilines is 1. The Morgan fingerprint density at radius 1 is 0.886 bits per heavy atom. The minimum Gasteiger partial charge on any atom is -0.497 e. The van der Waals surface area contributed by atoms with E-state index in [0.717, 1.165) is 21.0 Å². The number of hydrogen-bond donors (Lipinski definition) is 1. The molecule has 0 radical (unpaired) electrons. The first kappa shape index (κ1) is 32.6. The Kier molecular flexibility index (Phi) is 11.0. The Bertz CT molecular complexity index is 1660. The zero-order chi connectivity index (χ0) is 31.7. The molecule has 1 unspecified atom stereocenters. The van der Waals surface area contributed by atoms with Crippen molar-refractivity contribution < 1.29 is 22.7 Å². The summed E-state index contributed by atoms with van der Waals surface area (Å²) in [7, 11) is -2.74. The van der Waals surface area contributed by atoms with Crippen LogP contribution in [-0.4, -0.2) is 51.4 Å². The molecule has 10 heteroatoms. The zero-order valence-corrected chi connectivity index (χ0v) is 26.5. The number of carbonyl (C=O) groups is 2. The number of hydrogen-bond acceptors (Lipinski definition) is 5. The third-order valence-electron chi connectivity index (χ3n) is 7.26. The fourth-order valence-electron chi connectivity index (χ4n) is 4.83. The van der Waals surface area contributed by atoms with Crippen LogP contribution < -0.4 is 14.4 Å². The predicted octanol–water partition coefficient (Wildman–Crippen LogP) is 5.63. The molecule has 0 heterocycles. The van der Waals surface area contributed by atoms with Gasteiger partial charge in [0.05, 0.1) is 17.7 Å². The van der Waals surface area contributed by atoms with E-state index in [4.69, 9.17) is 16.3 Å². The number of nitrogens with one attached hydrogen (secondary N) is 1. The Hall–Kier alpha value is -4.34. The lowest BCUT2D eigenvalue weighted by molar-refractivity contribution is -0.140. The third kappa shape index (κ3) is 7.98. The van der Waals surface area contributed by atoms with Gasteiger partial charge in [0.25, 0.3) is 10.0 Å². The molecule has 0 spiro atoms. The highest BCUT2D eigenvalue weighted by Crippen LogP contribution is 2.27. The maximum absolute atomic E-state index is 14.4. The minimum absolute atomic E-state index is 0.0175. The van der Waals surface area contributed by atoms with Gasteiger partial charge >= 0.3 is 0 Å². The van der Waals surface area contributed by atoms with Crippen LogP contribution in [0.15, 0.2) is 108 Å². The molecule has 4 rings (SSSR count). The first-order chi connectivity index (χ1) is 21.1. The van der Waals surface area contributed by atoms with Gasteiger partial charge in [-0.25, -0.2) is 8.42 Å². The van der Waals surface area contributed by atoms with E-state index in [2.05, 4.69) is 5.32 Å². The summed E-state index contributed by atoms with van der Waals surface area (Å²) in [5.41, 5.74) is 2.91. The number of aryl methyl sites for hydroxylation is 1. The third-order valence-corrected chi connectivity index (χ3v) is 9.31. The summed E-state index contributed by atoms with van der Waals surface area (Å²) in [6.45, 7) is 3.68. The van der Waals surface area contributed by atoms with Crippen molar-refractivity contribution in [3.05, 3.63) is 125 Å². The number of amides is 2. The van der Waals surface area contributed by atoms with Crippen LogP contribution in [0, 0.1) is 6.92 Å². The Morgan fingerprint density at radius 3 is 2.14 bits per heavy atom. The molecule has 1 atom stereocenters. The molecule has 0 aliphatic heterocycles. The molecule has 230 valence electrons. The van der Waals surface area contributed by atoms with Crippen molar-refractivity contribution in [3.63, 3.8) is 0 Å². The molecular weight excluding hydrogens is 598 g/mol. The zero-order valence-electron chi connectivity index (χ0n) is 24.9. The van der Waals surface area contributed by atoms with E-state index in [1.54, 1.807) is 36.4 Å². The maximum atomic E-state index is 14.4. The van der Waals surface area contributed by atoms with Gasteiger partial charge in [0.1, 0.15) is 18.3 Å². The number of carbonyl (C=O) groups excluding carboxylic acids is 2. The highest BCUT2D eigenvalue weighted by Gasteiger charge is 2.34. The van der Waals surface area contributed by atoms with Gasteiger partial charge in [-0.2, -0.15) is 0 Å². The second-order valence-corrected chi connectivity index (χ2v) is 12.5. The van der Waals surface area contributed by atoms with Crippen molar-refractivity contribution in [1.29, 1.82) is 0 Å². The molecule has 44 heavy (non-hydrogen) atoms. The number of rotatable bonds is 13. The van der Waals surface area contributed by atoms with Gasteiger partial charge in [-0.1, -0.05) is 66.2 Å². The van der Waals surface area contributed by atoms with Gasteiger partial charge in [-0.05, 0) is 79.1 Å². The van der Waals surface area contributed by atoms with E-state index >= 15 is 0 Å². The van der Waals surface area contributed by atoms with Gasteiger partial charge in [0.2, 0.25) is 11.8 Å². The van der Waals surface area contributed by atoms with E-state index in [1.165, 1.54) is 24.1 Å². The van der Waals surface area contributed by atoms with Gasteiger partial charge in [-0.3, -0.25) is 13.9 Å². The van der Waals surface area contributed by atoms with Crippen molar-refractivity contribution >= 4 is 39.1 Å². The highest BCUT2D eigenvalue weighted by molar-refractivity contribution is 7.92. The number of benzene rings is 4. The molecule has 0 aliphatic rings. The summed E-state index contributed by atoms with van der Waals surface area (Å²) in [5, 5.41) is 3.29. The summed E-state index contributed by atoms with van der Waals surface area (Å²) in [5.74, 6) is -0.366. The van der Waals surface area contributed by atoms with Crippen molar-refractivity contribution in [3.8, 4) is 5.75 Å². The van der Waals surface area contributed by atoms with E-state index in [1.807, 2.05) is 68.4 Å². The molecule has 0 saturated carbocycles. The lowest BCUT2D eigenvalue weighted by Crippen LogP contribution is -2.53. The molecule has 0 aliphatic carbocycles. The topological polar surface area (TPSA) is 96.0 Å². The van der Waals surface area contributed by atoms with Crippen LogP contribution in [0.3, 0.4) is 0 Å². The molecule has 4 aromatic carbocycles. The molecule has 0 fully saturated rings. The molecule has 2 amide bonds. The summed E-state index contributed by atoms with van der Waals surface area (Å²) in [6, 6.07) is 28.3. The maximum Gasteiger partial charge on any atom is 0.264 e. The van der Waals surface area contributed by atoms with E-state index in [0.29, 0.717) is 17.3 Å². The van der Waals surface area contributed by atoms with Gasteiger partial charge in [0, 0.05) is 24.5 Å². The molecule has 0 bridgehead atoms. The highest BCUT2D eigenvalue weighted by atomic mass is 35.5. The molecule has 4 aromatic rings. The average molecular weight is 634 g/mol. The van der Waals surface area contributed by atoms with Crippen molar-refractivity contribution in [2.75, 3.05) is 24.5 Å². The SMILES string of the molecule is CCNC(=O)C(Cc1ccccc1)N(Cc1ccccc1C)C(=O)CN(c1ccc(Cl)cc1)S(=O)(=O)c1ccc(OC)cc1. The number of likely N-dealkylation sites (N-methyl/N-ethyl adjacent to an activating group) is 1. The normalized spacial score (nSPS) is 11.8. The largest absolute Gasteiger partial charge is 0.497 e. The molecule has 8 nitrogen and oxygen atoms in total. The first-order valence-electron chi connectivity index (χ1n) is 14.2. The van der Waals surface area contributed by atoms with Crippen LogP contribution >= 0.6 is 11.6 Å². The van der Waals surface area contributed by atoms with E-state index in [-0.39, 0.29) is 29.5 Å². The predicted molar refractivity (Wildman–Crippen MR) is 173 cm³/mol. The number of halogens is 1. The summed E-state index contributed by atoms with van der Waals surface area (Å²) in [4.78, 5) is 29.5. The number of sulfonamides is 1. The number of methoxy groups -OCH3 is 1. The lowest BCUT2D eigenvalue weighted by Gasteiger charge is -2.34. The van der Waals surface area contributed by atoms with E-state index in [9.17, 15) is 18.0 Å². The molecule has 0 saturated heterocycles. The summed E-state index contributed by atoms with van der Waals surface area (Å²) in [6.07, 6.45) is 0.246. The van der Waals surface area contributed by atoms with Gasteiger partial charge < -0.3 is 15.0 Å². The van der Waals surface area contributed by atoms with Crippen LogP contribution in [0.5, 0.6) is 5.75 Å². The molecule has 1 N–H and O–H groups in total. The fourth-order valence-corrected chi connectivity index (χ4v) is 6.37. The van der Waals surface area contributed by atoms with Crippen LogP contribution in [0.2, 0.25) is 5.02 Å². The van der Waals surface area contributed by atoms with Crippen molar-refractivity contribution in [1.82, 2.24) is 10.2 Å². The minimum atomic E-state index is -4.23. The standard InChI is InChI=1S/C34H36ClN3O5S/c1-4-36-34(40)32(22-26-11-6-5-7-12-26)37(23-27-13-9-8-10-25(27)2)33(39)24-38(29-16-14-28(35)15-17-29)44(41,42)31-20-18-30(43-3)19-21-31/h5-21,32H,4,22-24H2,1-3H3,(H,36,40). The van der Waals surface area contributed by atoms with Gasteiger partial charge in [0.15, 0.2) is 0 Å². The first-order valence-corrected chi connectivity index (χ1v) is 16.0. The quantitative estimate of drug-likeness (QED) is 0.206. The van der Waals surface area contributed by atoms with E-state index < -0.39 is 28.5 Å². The second kappa shape index (κ2) is 14.9.